The van der Waals surface area contributed by atoms with Crippen LogP contribution >= 0.6 is 11.6 Å². The molecule has 0 saturated heterocycles. The summed E-state index contributed by atoms with van der Waals surface area (Å²) in [5.74, 6) is -0.575. The first-order valence-electron chi connectivity index (χ1n) is 9.02. The number of hydrogen-bond donors (Lipinski definition) is 1. The van der Waals surface area contributed by atoms with Gasteiger partial charge in [-0.25, -0.2) is 9.18 Å². The molecule has 1 aromatic heterocycles. The maximum atomic E-state index is 13.7. The van der Waals surface area contributed by atoms with Gasteiger partial charge in [0, 0.05) is 29.6 Å². The van der Waals surface area contributed by atoms with Gasteiger partial charge < -0.3 is 14.5 Å². The Kier molecular flexibility index (Phi) is 5.09. The molecule has 0 saturated carbocycles. The van der Waals surface area contributed by atoms with Crippen LogP contribution in [0.1, 0.15) is 30.9 Å². The number of amides is 1. The summed E-state index contributed by atoms with van der Waals surface area (Å²) in [6.45, 7) is 0.683. The summed E-state index contributed by atoms with van der Waals surface area (Å²) in [5.41, 5.74) is 1.59. The first kappa shape index (κ1) is 18.6. The zero-order valence-electron chi connectivity index (χ0n) is 14.9. The topological polar surface area (TPSA) is 73.5 Å². The Balaban J connectivity index is 1.48. The van der Waals surface area contributed by atoms with Crippen molar-refractivity contribution >= 4 is 28.6 Å². The van der Waals surface area contributed by atoms with Gasteiger partial charge in [0.2, 0.25) is 5.91 Å². The summed E-state index contributed by atoms with van der Waals surface area (Å²) < 4.78 is 25.9. The van der Waals surface area contributed by atoms with Crippen molar-refractivity contribution in [1.29, 1.82) is 0 Å². The standard InChI is InChI=1S/C20H18ClFN2O4/c21-12-3-5-16-18(10-12)28-20(26)24(16)8-7-19(25)23-15-2-1-9-27-17-6-4-13(22)11-14(15)17/h3-6,10-11,15H,1-2,7-9H2,(H,23,25)/t15-/m1/s1. The molecule has 1 aliphatic heterocycles. The minimum atomic E-state index is -0.541. The number of benzene rings is 2. The number of ether oxygens (including phenoxy) is 1. The quantitative estimate of drug-likeness (QED) is 0.717. The van der Waals surface area contributed by atoms with Crippen LogP contribution in [0.5, 0.6) is 5.75 Å². The van der Waals surface area contributed by atoms with E-state index in [0.29, 0.717) is 40.5 Å². The molecule has 6 nitrogen and oxygen atoms in total. The highest BCUT2D eigenvalue weighted by Crippen LogP contribution is 2.32. The molecule has 4 rings (SSSR count). The smallest absolute Gasteiger partial charge is 0.419 e. The van der Waals surface area contributed by atoms with Gasteiger partial charge in [-0.05, 0) is 43.2 Å². The van der Waals surface area contributed by atoms with Crippen molar-refractivity contribution in [3.63, 3.8) is 0 Å². The molecule has 3 aromatic rings. The van der Waals surface area contributed by atoms with Crippen molar-refractivity contribution in [2.75, 3.05) is 6.61 Å². The lowest BCUT2D eigenvalue weighted by atomic mass is 10.0. The van der Waals surface area contributed by atoms with E-state index in [0.717, 1.165) is 6.42 Å². The Morgan fingerprint density at radius 3 is 3.00 bits per heavy atom. The van der Waals surface area contributed by atoms with Crippen LogP contribution in [0.3, 0.4) is 0 Å². The van der Waals surface area contributed by atoms with E-state index in [2.05, 4.69) is 5.32 Å². The van der Waals surface area contributed by atoms with E-state index >= 15 is 0 Å². The van der Waals surface area contributed by atoms with Gasteiger partial charge in [-0.1, -0.05) is 11.6 Å². The van der Waals surface area contributed by atoms with E-state index in [-0.39, 0.29) is 30.7 Å². The Hall–Kier alpha value is -2.80. The molecule has 8 heteroatoms. The summed E-state index contributed by atoms with van der Waals surface area (Å²) in [7, 11) is 0. The highest BCUT2D eigenvalue weighted by Gasteiger charge is 2.22. The first-order chi connectivity index (χ1) is 13.5. The van der Waals surface area contributed by atoms with E-state index in [1.54, 1.807) is 24.3 Å². The SMILES string of the molecule is O=C(CCn1c(=O)oc2cc(Cl)ccc21)N[C@@H]1CCCOc2ccc(F)cc21. The molecular weight excluding hydrogens is 387 g/mol. The van der Waals surface area contributed by atoms with Gasteiger partial charge in [0.25, 0.3) is 0 Å². The van der Waals surface area contributed by atoms with Crippen LogP contribution in [0.25, 0.3) is 11.1 Å². The summed E-state index contributed by atoms with van der Waals surface area (Å²) >= 11 is 5.91. The van der Waals surface area contributed by atoms with Crippen LogP contribution < -0.4 is 15.8 Å². The average Bonchev–Trinajstić information content (AvgIpc) is 2.83. The largest absolute Gasteiger partial charge is 0.493 e. The number of fused-ring (bicyclic) bond motifs is 2. The third-order valence-electron chi connectivity index (χ3n) is 4.77. The first-order valence-corrected chi connectivity index (χ1v) is 9.39. The van der Waals surface area contributed by atoms with E-state index in [1.165, 1.54) is 16.7 Å². The lowest BCUT2D eigenvalue weighted by Crippen LogP contribution is -2.30. The number of carbonyl (C=O) groups is 1. The number of carbonyl (C=O) groups excluding carboxylic acids is 1. The summed E-state index contributed by atoms with van der Waals surface area (Å²) in [6.07, 6.45) is 1.47. The van der Waals surface area contributed by atoms with Crippen molar-refractivity contribution in [3.8, 4) is 5.75 Å². The summed E-state index contributed by atoms with van der Waals surface area (Å²) in [5, 5.41) is 3.39. The number of nitrogens with one attached hydrogen (secondary N) is 1. The molecule has 1 N–H and O–H groups in total. The van der Waals surface area contributed by atoms with Crippen molar-refractivity contribution in [3.05, 3.63) is 63.4 Å². The van der Waals surface area contributed by atoms with E-state index in [1.807, 2.05) is 0 Å². The fourth-order valence-electron chi connectivity index (χ4n) is 3.43. The normalized spacial score (nSPS) is 16.3. The van der Waals surface area contributed by atoms with Crippen molar-refractivity contribution < 1.29 is 18.3 Å². The molecule has 0 aliphatic carbocycles. The van der Waals surface area contributed by atoms with Crippen molar-refractivity contribution in [2.24, 2.45) is 0 Å². The van der Waals surface area contributed by atoms with Crippen LogP contribution in [0.15, 0.2) is 45.6 Å². The molecule has 0 unspecified atom stereocenters. The fraction of sp³-hybridized carbons (Fsp3) is 0.300. The maximum absolute atomic E-state index is 13.7. The molecule has 0 fully saturated rings. The van der Waals surface area contributed by atoms with Crippen LogP contribution in [0.4, 0.5) is 4.39 Å². The molecule has 0 spiro atoms. The van der Waals surface area contributed by atoms with Crippen LogP contribution in [-0.2, 0) is 11.3 Å². The second-order valence-electron chi connectivity index (χ2n) is 6.67. The van der Waals surface area contributed by atoms with E-state index in [4.69, 9.17) is 20.8 Å². The highest BCUT2D eigenvalue weighted by molar-refractivity contribution is 6.31. The number of halogens is 2. The van der Waals surface area contributed by atoms with Gasteiger partial charge in [0.15, 0.2) is 5.58 Å². The van der Waals surface area contributed by atoms with Crippen molar-refractivity contribution in [2.45, 2.75) is 31.8 Å². The minimum Gasteiger partial charge on any atom is -0.493 e. The number of aryl methyl sites for hydroxylation is 1. The molecule has 1 atom stereocenters. The number of hydrogen-bond acceptors (Lipinski definition) is 4. The van der Waals surface area contributed by atoms with Crippen molar-refractivity contribution in [1.82, 2.24) is 9.88 Å². The third kappa shape index (κ3) is 3.75. The lowest BCUT2D eigenvalue weighted by Gasteiger charge is -2.18. The highest BCUT2D eigenvalue weighted by atomic mass is 35.5. The molecule has 1 aliphatic rings. The second kappa shape index (κ2) is 7.67. The van der Waals surface area contributed by atoms with Gasteiger partial charge in [-0.15, -0.1) is 0 Å². The van der Waals surface area contributed by atoms with E-state index < -0.39 is 5.76 Å². The number of rotatable bonds is 4. The van der Waals surface area contributed by atoms with Gasteiger partial charge in [-0.2, -0.15) is 0 Å². The van der Waals surface area contributed by atoms with Gasteiger partial charge in [0.1, 0.15) is 11.6 Å². The molecule has 1 amide bonds. The maximum Gasteiger partial charge on any atom is 0.419 e. The zero-order valence-corrected chi connectivity index (χ0v) is 15.7. The van der Waals surface area contributed by atoms with Crippen LogP contribution in [0, 0.1) is 5.82 Å². The Labute approximate surface area is 164 Å². The van der Waals surface area contributed by atoms with E-state index in [9.17, 15) is 14.0 Å². The molecule has 28 heavy (non-hydrogen) atoms. The fourth-order valence-corrected chi connectivity index (χ4v) is 3.59. The molecule has 146 valence electrons. The zero-order chi connectivity index (χ0) is 19.7. The molecule has 2 heterocycles. The number of nitrogens with zero attached hydrogens (tertiary/aromatic N) is 1. The molecule has 0 radical (unpaired) electrons. The molecule has 0 bridgehead atoms. The lowest BCUT2D eigenvalue weighted by molar-refractivity contribution is -0.122. The predicted molar refractivity (Wildman–Crippen MR) is 102 cm³/mol. The van der Waals surface area contributed by atoms with Crippen LogP contribution in [-0.4, -0.2) is 17.1 Å². The van der Waals surface area contributed by atoms with Gasteiger partial charge in [0.05, 0.1) is 18.2 Å². The predicted octanol–water partition coefficient (Wildman–Crippen LogP) is 3.81. The second-order valence-corrected chi connectivity index (χ2v) is 7.11. The molecular formula is C20H18ClFN2O4. The Bertz CT molecular complexity index is 1090. The Morgan fingerprint density at radius 2 is 2.14 bits per heavy atom. The van der Waals surface area contributed by atoms with Gasteiger partial charge >= 0.3 is 5.76 Å². The number of aromatic nitrogens is 1. The van der Waals surface area contributed by atoms with Crippen LogP contribution in [0.2, 0.25) is 5.02 Å². The minimum absolute atomic E-state index is 0.0825. The number of oxazole rings is 1. The van der Waals surface area contributed by atoms with Gasteiger partial charge in [-0.3, -0.25) is 9.36 Å². The molecule has 2 aromatic carbocycles. The summed E-state index contributed by atoms with van der Waals surface area (Å²) in [6, 6.07) is 8.88. The monoisotopic (exact) mass is 404 g/mol. The Morgan fingerprint density at radius 1 is 1.29 bits per heavy atom. The average molecular weight is 405 g/mol. The summed E-state index contributed by atoms with van der Waals surface area (Å²) in [4.78, 5) is 24.6. The third-order valence-corrected chi connectivity index (χ3v) is 5.01.